The van der Waals surface area contributed by atoms with E-state index >= 15 is 0 Å². The van der Waals surface area contributed by atoms with Gasteiger partial charge in [-0.25, -0.2) is 4.79 Å². The third-order valence-electron chi connectivity index (χ3n) is 4.66. The highest BCUT2D eigenvalue weighted by molar-refractivity contribution is 5.87. The molecule has 5 atom stereocenters. The monoisotopic (exact) mass is 390 g/mol. The van der Waals surface area contributed by atoms with Crippen LogP contribution in [0.15, 0.2) is 48.5 Å². The molecule has 2 aromatic carbocycles. The van der Waals surface area contributed by atoms with Crippen molar-refractivity contribution in [1.29, 1.82) is 0 Å². The lowest BCUT2D eigenvalue weighted by molar-refractivity contribution is -0.277. The number of carboxylic acids is 1. The van der Waals surface area contributed by atoms with E-state index in [0.717, 1.165) is 11.1 Å². The number of para-hydroxylation sites is 1. The highest BCUT2D eigenvalue weighted by Gasteiger charge is 2.44. The van der Waals surface area contributed by atoms with Gasteiger partial charge in [-0.2, -0.15) is 0 Å². The molecule has 0 aliphatic carbocycles. The minimum absolute atomic E-state index is 0.189. The van der Waals surface area contributed by atoms with Crippen molar-refractivity contribution in [3.8, 4) is 5.75 Å². The lowest BCUT2D eigenvalue weighted by Crippen LogP contribution is -2.60. The summed E-state index contributed by atoms with van der Waals surface area (Å²) >= 11 is 0. The number of benzene rings is 2. The Bertz CT molecular complexity index is 804. The minimum Gasteiger partial charge on any atom is -0.478 e. The van der Waals surface area contributed by atoms with Crippen molar-refractivity contribution in [2.24, 2.45) is 0 Å². The first-order valence-electron chi connectivity index (χ1n) is 8.78. The molecule has 1 fully saturated rings. The first-order chi connectivity index (χ1) is 13.4. The molecule has 1 saturated heterocycles. The third-order valence-corrected chi connectivity index (χ3v) is 4.66. The zero-order chi connectivity index (χ0) is 20.3. The summed E-state index contributed by atoms with van der Waals surface area (Å²) in [6.45, 7) is -0.539. The summed E-state index contributed by atoms with van der Waals surface area (Å²) in [7, 11) is 0. The Balaban J connectivity index is 1.77. The number of ether oxygens (including phenoxy) is 2. The summed E-state index contributed by atoms with van der Waals surface area (Å²) in [5.74, 6) is -0.605. The Morgan fingerprint density at radius 2 is 1.64 bits per heavy atom. The quantitative estimate of drug-likeness (QED) is 0.470. The SMILES string of the molecule is O=C(O)c1ccc(Cc2ccccc2O[C@H]2O[C@H](CO)[C@@H](O)[C@H](O)[C@H]2O)cc1. The van der Waals surface area contributed by atoms with Crippen LogP contribution in [0.25, 0.3) is 0 Å². The van der Waals surface area contributed by atoms with Crippen molar-refractivity contribution >= 4 is 5.97 Å². The maximum Gasteiger partial charge on any atom is 0.335 e. The van der Waals surface area contributed by atoms with Crippen LogP contribution in [-0.4, -0.2) is 68.8 Å². The number of aromatic carboxylic acids is 1. The van der Waals surface area contributed by atoms with E-state index in [0.29, 0.717) is 12.2 Å². The molecule has 2 aromatic rings. The summed E-state index contributed by atoms with van der Waals surface area (Å²) in [4.78, 5) is 11.0. The van der Waals surface area contributed by atoms with Gasteiger partial charge in [-0.1, -0.05) is 30.3 Å². The van der Waals surface area contributed by atoms with E-state index in [1.807, 2.05) is 6.07 Å². The second kappa shape index (κ2) is 8.68. The highest BCUT2D eigenvalue weighted by atomic mass is 16.7. The van der Waals surface area contributed by atoms with Crippen LogP contribution in [0.1, 0.15) is 21.5 Å². The molecule has 5 N–H and O–H groups in total. The topological polar surface area (TPSA) is 137 Å². The second-order valence-electron chi connectivity index (χ2n) is 6.60. The van der Waals surface area contributed by atoms with Crippen LogP contribution < -0.4 is 4.74 Å². The smallest absolute Gasteiger partial charge is 0.335 e. The molecule has 0 aromatic heterocycles. The van der Waals surface area contributed by atoms with Crippen molar-refractivity contribution in [2.45, 2.75) is 37.1 Å². The molecule has 1 aliphatic heterocycles. The number of aliphatic hydroxyl groups is 4. The maximum absolute atomic E-state index is 11.0. The van der Waals surface area contributed by atoms with Gasteiger partial charge in [-0.3, -0.25) is 0 Å². The van der Waals surface area contributed by atoms with Crippen LogP contribution in [0.4, 0.5) is 0 Å². The van der Waals surface area contributed by atoms with E-state index in [-0.39, 0.29) is 5.56 Å². The van der Waals surface area contributed by atoms with Crippen molar-refractivity contribution < 1.29 is 39.8 Å². The van der Waals surface area contributed by atoms with Gasteiger partial charge < -0.3 is 35.0 Å². The van der Waals surface area contributed by atoms with Crippen LogP contribution in [0.3, 0.4) is 0 Å². The summed E-state index contributed by atoms with van der Waals surface area (Å²) < 4.78 is 11.1. The van der Waals surface area contributed by atoms with E-state index in [9.17, 15) is 25.2 Å². The Kier molecular flexibility index (Phi) is 6.28. The fraction of sp³-hybridized carbons (Fsp3) is 0.350. The van der Waals surface area contributed by atoms with E-state index in [1.54, 1.807) is 30.3 Å². The number of aliphatic hydroxyl groups excluding tert-OH is 4. The van der Waals surface area contributed by atoms with E-state index in [1.165, 1.54) is 12.1 Å². The zero-order valence-corrected chi connectivity index (χ0v) is 14.9. The molecule has 8 heteroatoms. The molecular weight excluding hydrogens is 368 g/mol. The summed E-state index contributed by atoms with van der Waals surface area (Å²) in [6, 6.07) is 13.4. The zero-order valence-electron chi connectivity index (χ0n) is 14.9. The molecule has 1 aliphatic rings. The number of hydrogen-bond acceptors (Lipinski definition) is 7. The highest BCUT2D eigenvalue weighted by Crippen LogP contribution is 2.28. The first-order valence-corrected chi connectivity index (χ1v) is 8.78. The lowest BCUT2D eigenvalue weighted by Gasteiger charge is -2.39. The van der Waals surface area contributed by atoms with Crippen LogP contribution in [0.5, 0.6) is 5.75 Å². The molecule has 1 heterocycles. The average molecular weight is 390 g/mol. The van der Waals surface area contributed by atoms with E-state index < -0.39 is 43.3 Å². The fourth-order valence-electron chi connectivity index (χ4n) is 3.04. The van der Waals surface area contributed by atoms with Crippen molar-refractivity contribution in [3.05, 3.63) is 65.2 Å². The van der Waals surface area contributed by atoms with Crippen LogP contribution in [-0.2, 0) is 11.2 Å². The molecule has 0 unspecified atom stereocenters. The predicted octanol–water partition coefficient (Wildman–Crippen LogP) is 0.154. The van der Waals surface area contributed by atoms with Crippen LogP contribution in [0, 0.1) is 0 Å². The molecular formula is C20H22O8. The minimum atomic E-state index is -1.52. The second-order valence-corrected chi connectivity index (χ2v) is 6.60. The van der Waals surface area contributed by atoms with Gasteiger partial charge in [0.1, 0.15) is 30.2 Å². The Labute approximate surface area is 161 Å². The molecule has 0 spiro atoms. The maximum atomic E-state index is 11.0. The van der Waals surface area contributed by atoms with Crippen molar-refractivity contribution in [2.75, 3.05) is 6.61 Å². The largest absolute Gasteiger partial charge is 0.478 e. The van der Waals surface area contributed by atoms with Crippen molar-refractivity contribution in [3.63, 3.8) is 0 Å². The Morgan fingerprint density at radius 3 is 2.29 bits per heavy atom. The Morgan fingerprint density at radius 1 is 0.964 bits per heavy atom. The molecule has 0 radical (unpaired) electrons. The van der Waals surface area contributed by atoms with Crippen molar-refractivity contribution in [1.82, 2.24) is 0 Å². The van der Waals surface area contributed by atoms with Gasteiger partial charge in [-0.05, 0) is 29.3 Å². The van der Waals surface area contributed by atoms with Gasteiger partial charge in [0.25, 0.3) is 0 Å². The summed E-state index contributed by atoms with van der Waals surface area (Å²) in [6.07, 6.45) is -6.37. The fourth-order valence-corrected chi connectivity index (χ4v) is 3.04. The predicted molar refractivity (Wildman–Crippen MR) is 97.0 cm³/mol. The lowest BCUT2D eigenvalue weighted by atomic mass is 9.99. The molecule has 0 bridgehead atoms. The van der Waals surface area contributed by atoms with Gasteiger partial charge >= 0.3 is 5.97 Å². The van der Waals surface area contributed by atoms with E-state index in [4.69, 9.17) is 14.6 Å². The molecule has 0 saturated carbocycles. The normalized spacial score (nSPS) is 27.4. The van der Waals surface area contributed by atoms with Crippen LogP contribution >= 0.6 is 0 Å². The first kappa shape index (κ1) is 20.2. The standard InChI is InChI=1S/C20H22O8/c21-10-15-16(22)17(23)18(24)20(28-15)27-14-4-2-1-3-13(14)9-11-5-7-12(8-6-11)19(25)26/h1-8,15-18,20-24H,9-10H2,(H,25,26)/t15-,16-,17+,18-,20+/m1/s1. The molecule has 150 valence electrons. The molecule has 0 amide bonds. The van der Waals surface area contributed by atoms with Gasteiger partial charge in [0, 0.05) is 6.42 Å². The summed E-state index contributed by atoms with van der Waals surface area (Å²) in [5, 5.41) is 48.2. The number of hydrogen-bond donors (Lipinski definition) is 5. The number of rotatable bonds is 6. The van der Waals surface area contributed by atoms with Gasteiger partial charge in [0.2, 0.25) is 6.29 Å². The van der Waals surface area contributed by atoms with Gasteiger partial charge in [0.05, 0.1) is 12.2 Å². The van der Waals surface area contributed by atoms with Crippen LogP contribution in [0.2, 0.25) is 0 Å². The molecule has 8 nitrogen and oxygen atoms in total. The van der Waals surface area contributed by atoms with Gasteiger partial charge in [-0.15, -0.1) is 0 Å². The van der Waals surface area contributed by atoms with E-state index in [2.05, 4.69) is 0 Å². The summed E-state index contributed by atoms with van der Waals surface area (Å²) in [5.41, 5.74) is 1.80. The Hall–Kier alpha value is -2.49. The van der Waals surface area contributed by atoms with Gasteiger partial charge in [0.15, 0.2) is 0 Å². The number of carbonyl (C=O) groups is 1. The molecule has 28 heavy (non-hydrogen) atoms. The number of carboxylic acid groups (broad SMARTS) is 1. The average Bonchev–Trinajstić information content (AvgIpc) is 2.70. The molecule has 3 rings (SSSR count). The third kappa shape index (κ3) is 4.32.